The molecule has 0 aromatic carbocycles. The van der Waals surface area contributed by atoms with Gasteiger partial charge in [0.05, 0.1) is 5.69 Å². The van der Waals surface area contributed by atoms with E-state index in [2.05, 4.69) is 20.6 Å². The molecule has 0 saturated heterocycles. The Labute approximate surface area is 118 Å². The van der Waals surface area contributed by atoms with Gasteiger partial charge in [0.2, 0.25) is 5.82 Å². The van der Waals surface area contributed by atoms with E-state index in [9.17, 15) is 13.2 Å². The van der Waals surface area contributed by atoms with Gasteiger partial charge in [0.1, 0.15) is 11.6 Å². The van der Waals surface area contributed by atoms with E-state index < -0.39 is 12.0 Å². The summed E-state index contributed by atoms with van der Waals surface area (Å²) in [5.74, 6) is -0.882. The van der Waals surface area contributed by atoms with Crippen molar-refractivity contribution in [3.63, 3.8) is 0 Å². The maximum atomic E-state index is 12.8. The summed E-state index contributed by atoms with van der Waals surface area (Å²) in [7, 11) is 0. The molecule has 8 heteroatoms. The molecule has 0 radical (unpaired) electrons. The van der Waals surface area contributed by atoms with Gasteiger partial charge in [0.15, 0.2) is 0 Å². The molecule has 0 fully saturated rings. The van der Waals surface area contributed by atoms with E-state index in [1.165, 1.54) is 17.4 Å². The molecule has 108 valence electrons. The van der Waals surface area contributed by atoms with Gasteiger partial charge >= 0.3 is 6.18 Å². The number of thiophene rings is 1. The molecule has 0 aliphatic heterocycles. The first-order valence-corrected chi connectivity index (χ1v) is 6.92. The number of halogens is 3. The molecule has 0 unspecified atom stereocenters. The average molecular weight is 302 g/mol. The minimum Gasteiger partial charge on any atom is -0.370 e. The lowest BCUT2D eigenvalue weighted by molar-refractivity contribution is -0.144. The van der Waals surface area contributed by atoms with Crippen LogP contribution >= 0.6 is 11.3 Å². The molecule has 2 N–H and O–H groups in total. The van der Waals surface area contributed by atoms with Crippen LogP contribution in [0.15, 0.2) is 22.9 Å². The van der Waals surface area contributed by atoms with E-state index in [0.717, 1.165) is 6.42 Å². The van der Waals surface area contributed by atoms with Crippen LogP contribution in [0.2, 0.25) is 0 Å². The van der Waals surface area contributed by atoms with Crippen molar-refractivity contribution in [2.45, 2.75) is 19.5 Å². The summed E-state index contributed by atoms with van der Waals surface area (Å²) in [6.07, 6.45) is -3.78. The highest BCUT2D eigenvalue weighted by molar-refractivity contribution is 7.08. The van der Waals surface area contributed by atoms with E-state index >= 15 is 0 Å². The molecule has 20 heavy (non-hydrogen) atoms. The lowest BCUT2D eigenvalue weighted by Gasteiger charge is -2.11. The molecular weight excluding hydrogens is 289 g/mol. The molecular formula is C12H13F3N4S. The molecule has 0 spiro atoms. The van der Waals surface area contributed by atoms with E-state index in [0.29, 0.717) is 12.2 Å². The second-order valence-electron chi connectivity index (χ2n) is 4.02. The van der Waals surface area contributed by atoms with Gasteiger partial charge in [-0.3, -0.25) is 0 Å². The lowest BCUT2D eigenvalue weighted by Crippen LogP contribution is -2.14. The first-order valence-electron chi connectivity index (χ1n) is 5.98. The Morgan fingerprint density at radius 1 is 1.25 bits per heavy atom. The number of nitrogens with one attached hydrogen (secondary N) is 2. The zero-order chi connectivity index (χ0) is 14.6. The van der Waals surface area contributed by atoms with Crippen LogP contribution < -0.4 is 10.6 Å². The fraction of sp³-hybridized carbons (Fsp3) is 0.333. The fourth-order valence-electron chi connectivity index (χ4n) is 1.47. The van der Waals surface area contributed by atoms with Crippen molar-refractivity contribution in [1.29, 1.82) is 0 Å². The topological polar surface area (TPSA) is 49.8 Å². The zero-order valence-electron chi connectivity index (χ0n) is 10.7. The van der Waals surface area contributed by atoms with E-state index in [4.69, 9.17) is 0 Å². The number of nitrogens with zero attached hydrogens (tertiary/aromatic N) is 2. The summed E-state index contributed by atoms with van der Waals surface area (Å²) in [6, 6.07) is 3.22. The van der Waals surface area contributed by atoms with Crippen LogP contribution in [-0.2, 0) is 6.18 Å². The third-order valence-corrected chi connectivity index (χ3v) is 3.01. The average Bonchev–Trinajstić information content (AvgIpc) is 2.88. The number of rotatable bonds is 5. The van der Waals surface area contributed by atoms with Crippen molar-refractivity contribution >= 4 is 28.7 Å². The predicted octanol–water partition coefficient (Wildman–Crippen LogP) is 4.12. The Bertz CT molecular complexity index is 554. The van der Waals surface area contributed by atoms with Crippen molar-refractivity contribution in [2.24, 2.45) is 0 Å². The van der Waals surface area contributed by atoms with E-state index in [1.54, 1.807) is 11.4 Å². The molecule has 4 nitrogen and oxygen atoms in total. The third kappa shape index (κ3) is 3.83. The summed E-state index contributed by atoms with van der Waals surface area (Å²) in [6.45, 7) is 2.47. The minimum atomic E-state index is -4.57. The molecule has 0 saturated carbocycles. The van der Waals surface area contributed by atoms with Crippen LogP contribution in [0.3, 0.4) is 0 Å². The Hall–Kier alpha value is -1.83. The van der Waals surface area contributed by atoms with Gasteiger partial charge in [-0.05, 0) is 17.9 Å². The Morgan fingerprint density at radius 3 is 2.60 bits per heavy atom. The highest BCUT2D eigenvalue weighted by Gasteiger charge is 2.35. The van der Waals surface area contributed by atoms with Gasteiger partial charge < -0.3 is 10.6 Å². The molecule has 2 aromatic rings. The first kappa shape index (κ1) is 14.6. The van der Waals surface area contributed by atoms with Crippen LogP contribution in [0.5, 0.6) is 0 Å². The molecule has 2 rings (SSSR count). The predicted molar refractivity (Wildman–Crippen MR) is 73.4 cm³/mol. The van der Waals surface area contributed by atoms with Crippen LogP contribution in [0.1, 0.15) is 19.2 Å². The summed E-state index contributed by atoms with van der Waals surface area (Å²) >= 11 is 1.44. The fourth-order valence-corrected chi connectivity index (χ4v) is 2.05. The van der Waals surface area contributed by atoms with Crippen molar-refractivity contribution in [3.8, 4) is 0 Å². The summed E-state index contributed by atoms with van der Waals surface area (Å²) in [5, 5.41) is 9.28. The van der Waals surface area contributed by atoms with Crippen LogP contribution in [0.25, 0.3) is 0 Å². The Morgan fingerprint density at radius 2 is 2.00 bits per heavy atom. The first-order chi connectivity index (χ1) is 9.49. The van der Waals surface area contributed by atoms with Gasteiger partial charge in [0.25, 0.3) is 0 Å². The summed E-state index contributed by atoms with van der Waals surface area (Å²) in [5.41, 5.74) is 0.697. The summed E-state index contributed by atoms with van der Waals surface area (Å²) in [4.78, 5) is 6.99. The molecule has 2 aromatic heterocycles. The monoisotopic (exact) mass is 302 g/mol. The molecule has 2 heterocycles. The Balaban J connectivity index is 2.29. The van der Waals surface area contributed by atoms with Gasteiger partial charge in [-0.2, -0.15) is 24.5 Å². The van der Waals surface area contributed by atoms with Crippen LogP contribution in [0.4, 0.5) is 30.5 Å². The normalized spacial score (nSPS) is 11.4. The maximum Gasteiger partial charge on any atom is 0.451 e. The van der Waals surface area contributed by atoms with E-state index in [1.807, 2.05) is 12.3 Å². The number of anilines is 3. The number of alkyl halides is 3. The lowest BCUT2D eigenvalue weighted by atomic mass is 10.4. The van der Waals surface area contributed by atoms with Crippen molar-refractivity contribution in [1.82, 2.24) is 9.97 Å². The van der Waals surface area contributed by atoms with E-state index in [-0.39, 0.29) is 11.6 Å². The number of hydrogen-bond acceptors (Lipinski definition) is 5. The molecule has 0 amide bonds. The second kappa shape index (κ2) is 6.08. The second-order valence-corrected chi connectivity index (χ2v) is 4.80. The van der Waals surface area contributed by atoms with Gasteiger partial charge in [-0.1, -0.05) is 6.92 Å². The highest BCUT2D eigenvalue weighted by atomic mass is 32.1. The van der Waals surface area contributed by atoms with Gasteiger partial charge in [-0.25, -0.2) is 9.97 Å². The molecule has 0 atom stereocenters. The SMILES string of the molecule is CCCNc1cc(Nc2ccsc2)nc(C(F)(F)F)n1. The number of aromatic nitrogens is 2. The highest BCUT2D eigenvalue weighted by Crippen LogP contribution is 2.29. The molecule has 0 aliphatic carbocycles. The van der Waals surface area contributed by atoms with Crippen LogP contribution in [0, 0.1) is 0 Å². The quantitative estimate of drug-likeness (QED) is 0.872. The third-order valence-electron chi connectivity index (χ3n) is 2.33. The Kier molecular flexibility index (Phi) is 4.43. The van der Waals surface area contributed by atoms with Crippen LogP contribution in [-0.4, -0.2) is 16.5 Å². The van der Waals surface area contributed by atoms with Gasteiger partial charge in [-0.15, -0.1) is 0 Å². The maximum absolute atomic E-state index is 12.8. The number of hydrogen-bond donors (Lipinski definition) is 2. The van der Waals surface area contributed by atoms with Crippen molar-refractivity contribution in [3.05, 3.63) is 28.7 Å². The molecule has 0 bridgehead atoms. The standard InChI is InChI=1S/C12H13F3N4S/c1-2-4-16-9-6-10(17-8-3-5-20-7-8)19-11(18-9)12(13,14)15/h3,5-7H,2,4H2,1H3,(H2,16,17,18,19). The molecule has 0 aliphatic rings. The summed E-state index contributed by atoms with van der Waals surface area (Å²) < 4.78 is 38.3. The minimum absolute atomic E-state index is 0.115. The van der Waals surface area contributed by atoms with Crippen molar-refractivity contribution in [2.75, 3.05) is 17.2 Å². The van der Waals surface area contributed by atoms with Crippen molar-refractivity contribution < 1.29 is 13.2 Å². The smallest absolute Gasteiger partial charge is 0.370 e. The largest absolute Gasteiger partial charge is 0.451 e. The van der Waals surface area contributed by atoms with Gasteiger partial charge in [0, 0.05) is 18.0 Å². The zero-order valence-corrected chi connectivity index (χ0v) is 11.5.